The third kappa shape index (κ3) is 6.13. The minimum absolute atomic E-state index is 0.0420. The first-order valence-corrected chi connectivity index (χ1v) is 11.0. The molecule has 0 aliphatic carbocycles. The van der Waals surface area contributed by atoms with Gasteiger partial charge in [0.15, 0.2) is 6.61 Å². The zero-order valence-corrected chi connectivity index (χ0v) is 17.1. The van der Waals surface area contributed by atoms with Crippen LogP contribution in [0.2, 0.25) is 0 Å². The fourth-order valence-electron chi connectivity index (χ4n) is 2.97. The molecule has 29 heavy (non-hydrogen) atoms. The van der Waals surface area contributed by atoms with E-state index in [1.165, 1.54) is 4.31 Å². The highest BCUT2D eigenvalue weighted by Gasteiger charge is 2.27. The van der Waals surface area contributed by atoms with E-state index < -0.39 is 10.0 Å². The molecule has 10 heteroatoms. The molecule has 2 aromatic rings. The van der Waals surface area contributed by atoms with Gasteiger partial charge in [0.25, 0.3) is 5.91 Å². The van der Waals surface area contributed by atoms with Gasteiger partial charge in [0.1, 0.15) is 5.75 Å². The fourth-order valence-corrected chi connectivity index (χ4v) is 4.31. The Labute approximate surface area is 170 Å². The van der Waals surface area contributed by atoms with Crippen LogP contribution in [0.5, 0.6) is 5.75 Å². The van der Waals surface area contributed by atoms with Crippen molar-refractivity contribution in [2.24, 2.45) is 0 Å². The quantitative estimate of drug-likeness (QED) is 0.662. The van der Waals surface area contributed by atoms with Crippen molar-refractivity contribution in [3.63, 3.8) is 0 Å². The highest BCUT2D eigenvalue weighted by Crippen LogP contribution is 2.13. The Morgan fingerprint density at radius 3 is 2.55 bits per heavy atom. The van der Waals surface area contributed by atoms with Crippen molar-refractivity contribution >= 4 is 21.9 Å². The van der Waals surface area contributed by atoms with Gasteiger partial charge in [-0.15, -0.1) is 0 Å². The van der Waals surface area contributed by atoms with Crippen LogP contribution in [-0.2, 0) is 14.8 Å². The molecule has 1 aromatic heterocycles. The Hall–Kier alpha value is -2.72. The smallest absolute Gasteiger partial charge is 0.257 e. The fraction of sp³-hybridized carbons (Fsp3) is 0.421. The van der Waals surface area contributed by atoms with Gasteiger partial charge in [-0.2, -0.15) is 4.31 Å². The monoisotopic (exact) mass is 419 g/mol. The molecule has 1 aliphatic rings. The summed E-state index contributed by atoms with van der Waals surface area (Å²) in [6, 6.07) is 9.12. The molecule has 1 aromatic carbocycles. The lowest BCUT2D eigenvalue weighted by molar-refractivity contribution is -0.122. The van der Waals surface area contributed by atoms with Crippen LogP contribution in [0.25, 0.3) is 0 Å². The lowest BCUT2D eigenvalue weighted by atomic mass is 10.2. The number of carbonyl (C=O) groups is 1. The highest BCUT2D eigenvalue weighted by molar-refractivity contribution is 7.89. The highest BCUT2D eigenvalue weighted by atomic mass is 32.2. The number of amides is 1. The molecule has 1 N–H and O–H groups in total. The predicted molar refractivity (Wildman–Crippen MR) is 109 cm³/mol. The number of aryl methyl sites for hydroxylation is 1. The van der Waals surface area contributed by atoms with Crippen LogP contribution in [0.15, 0.2) is 42.7 Å². The SMILES string of the molecule is Cc1cccc(OCC(=O)NCCS(=O)(=O)N2CCN(c3ncccn3)CC2)c1. The molecule has 1 fully saturated rings. The van der Waals surface area contributed by atoms with E-state index >= 15 is 0 Å². The summed E-state index contributed by atoms with van der Waals surface area (Å²) < 4.78 is 31.9. The van der Waals surface area contributed by atoms with Crippen molar-refractivity contribution in [1.29, 1.82) is 0 Å². The standard InChI is InChI=1S/C19H25N5O4S/c1-16-4-2-5-17(14-16)28-15-18(25)20-8-13-29(26,27)24-11-9-23(10-12-24)19-21-6-3-7-22-19/h2-7,14H,8-13,15H2,1H3,(H,20,25). The van der Waals surface area contributed by atoms with Gasteiger partial charge in [-0.25, -0.2) is 18.4 Å². The van der Waals surface area contributed by atoms with E-state index in [9.17, 15) is 13.2 Å². The number of nitrogens with zero attached hydrogens (tertiary/aromatic N) is 4. The summed E-state index contributed by atoms with van der Waals surface area (Å²) in [6.07, 6.45) is 3.33. The van der Waals surface area contributed by atoms with E-state index in [2.05, 4.69) is 15.3 Å². The van der Waals surface area contributed by atoms with Gasteiger partial charge in [-0.05, 0) is 30.7 Å². The first-order chi connectivity index (χ1) is 13.9. The van der Waals surface area contributed by atoms with E-state index in [0.717, 1.165) is 5.56 Å². The first kappa shape index (κ1) is 21.0. The second-order valence-electron chi connectivity index (χ2n) is 6.71. The molecule has 9 nitrogen and oxygen atoms in total. The molecule has 0 saturated carbocycles. The summed E-state index contributed by atoms with van der Waals surface area (Å²) >= 11 is 0. The van der Waals surface area contributed by atoms with E-state index in [0.29, 0.717) is 37.9 Å². The minimum Gasteiger partial charge on any atom is -0.484 e. The molecule has 0 bridgehead atoms. The molecular formula is C19H25N5O4S. The van der Waals surface area contributed by atoms with Gasteiger partial charge in [-0.3, -0.25) is 4.79 Å². The number of hydrogen-bond acceptors (Lipinski definition) is 7. The summed E-state index contributed by atoms with van der Waals surface area (Å²) in [7, 11) is -3.45. The minimum atomic E-state index is -3.45. The maximum absolute atomic E-state index is 12.5. The Morgan fingerprint density at radius 2 is 1.86 bits per heavy atom. The van der Waals surface area contributed by atoms with Crippen LogP contribution < -0.4 is 15.0 Å². The molecular weight excluding hydrogens is 394 g/mol. The maximum atomic E-state index is 12.5. The van der Waals surface area contributed by atoms with E-state index in [-0.39, 0.29) is 24.8 Å². The Bertz CT molecular complexity index is 915. The molecule has 3 rings (SSSR count). The number of piperazine rings is 1. The zero-order chi connectivity index (χ0) is 20.7. The van der Waals surface area contributed by atoms with Crippen LogP contribution in [0, 0.1) is 6.92 Å². The van der Waals surface area contributed by atoms with Crippen molar-refractivity contribution in [3.05, 3.63) is 48.3 Å². The summed E-state index contributed by atoms with van der Waals surface area (Å²) in [4.78, 5) is 22.2. The number of anilines is 1. The third-order valence-electron chi connectivity index (χ3n) is 4.51. The summed E-state index contributed by atoms with van der Waals surface area (Å²) in [5.74, 6) is 0.705. The number of nitrogens with one attached hydrogen (secondary N) is 1. The average Bonchev–Trinajstić information content (AvgIpc) is 2.73. The van der Waals surface area contributed by atoms with Gasteiger partial charge < -0.3 is 15.0 Å². The van der Waals surface area contributed by atoms with Crippen LogP contribution in [-0.4, -0.2) is 73.7 Å². The molecule has 1 amide bonds. The molecule has 2 heterocycles. The largest absolute Gasteiger partial charge is 0.484 e. The molecule has 1 aliphatic heterocycles. The van der Waals surface area contributed by atoms with E-state index in [1.54, 1.807) is 24.5 Å². The Balaban J connectivity index is 1.39. The number of aromatic nitrogens is 2. The number of sulfonamides is 1. The molecule has 0 radical (unpaired) electrons. The molecule has 1 saturated heterocycles. The lowest BCUT2D eigenvalue weighted by Crippen LogP contribution is -2.50. The molecule has 156 valence electrons. The topological polar surface area (TPSA) is 105 Å². The number of carbonyl (C=O) groups excluding carboxylic acids is 1. The normalized spacial score (nSPS) is 15.1. The zero-order valence-electron chi connectivity index (χ0n) is 16.3. The Morgan fingerprint density at radius 1 is 1.14 bits per heavy atom. The van der Waals surface area contributed by atoms with Crippen molar-refractivity contribution in [3.8, 4) is 5.75 Å². The van der Waals surface area contributed by atoms with Gasteiger partial charge >= 0.3 is 0 Å². The molecule has 0 atom stereocenters. The van der Waals surface area contributed by atoms with Crippen LogP contribution >= 0.6 is 0 Å². The van der Waals surface area contributed by atoms with E-state index in [4.69, 9.17) is 4.74 Å². The molecule has 0 spiro atoms. The van der Waals surface area contributed by atoms with Crippen LogP contribution in [0.1, 0.15) is 5.56 Å². The molecule has 0 unspecified atom stereocenters. The Kier molecular flexibility index (Phi) is 6.99. The maximum Gasteiger partial charge on any atom is 0.257 e. The van der Waals surface area contributed by atoms with Gasteiger partial charge in [0.05, 0.1) is 5.75 Å². The van der Waals surface area contributed by atoms with Crippen molar-refractivity contribution < 1.29 is 17.9 Å². The lowest BCUT2D eigenvalue weighted by Gasteiger charge is -2.33. The first-order valence-electron chi connectivity index (χ1n) is 9.40. The van der Waals surface area contributed by atoms with Gasteiger partial charge in [-0.1, -0.05) is 12.1 Å². The number of ether oxygens (including phenoxy) is 1. The van der Waals surface area contributed by atoms with Gasteiger partial charge in [0.2, 0.25) is 16.0 Å². The van der Waals surface area contributed by atoms with E-state index in [1.807, 2.05) is 30.0 Å². The second-order valence-corrected chi connectivity index (χ2v) is 8.79. The number of rotatable bonds is 8. The third-order valence-corrected chi connectivity index (χ3v) is 6.38. The predicted octanol–water partition coefficient (Wildman–Crippen LogP) is 0.432. The van der Waals surface area contributed by atoms with Gasteiger partial charge in [0, 0.05) is 45.1 Å². The summed E-state index contributed by atoms with van der Waals surface area (Å²) in [5.41, 5.74) is 1.04. The average molecular weight is 420 g/mol. The summed E-state index contributed by atoms with van der Waals surface area (Å²) in [5, 5.41) is 2.60. The van der Waals surface area contributed by atoms with Crippen molar-refractivity contribution in [1.82, 2.24) is 19.6 Å². The number of benzene rings is 1. The summed E-state index contributed by atoms with van der Waals surface area (Å²) in [6.45, 7) is 3.61. The van der Waals surface area contributed by atoms with Crippen molar-refractivity contribution in [2.45, 2.75) is 6.92 Å². The van der Waals surface area contributed by atoms with Crippen LogP contribution in [0.3, 0.4) is 0 Å². The van der Waals surface area contributed by atoms with Crippen LogP contribution in [0.4, 0.5) is 5.95 Å². The van der Waals surface area contributed by atoms with Crippen molar-refractivity contribution in [2.75, 3.05) is 50.0 Å². The second kappa shape index (κ2) is 9.66. The number of hydrogen-bond donors (Lipinski definition) is 1.